The number of aromatic nitrogens is 1. The predicted octanol–water partition coefficient (Wildman–Crippen LogP) is 3.02. The summed E-state index contributed by atoms with van der Waals surface area (Å²) in [5.41, 5.74) is -0.617. The van der Waals surface area contributed by atoms with Crippen LogP contribution >= 0.6 is 26.6 Å². The van der Waals surface area contributed by atoms with Gasteiger partial charge in [0.15, 0.2) is 0 Å². The van der Waals surface area contributed by atoms with Crippen molar-refractivity contribution in [1.82, 2.24) is 4.98 Å². The van der Waals surface area contributed by atoms with Crippen molar-refractivity contribution in [2.24, 2.45) is 0 Å². The van der Waals surface area contributed by atoms with Crippen molar-refractivity contribution in [1.29, 1.82) is 0 Å². The van der Waals surface area contributed by atoms with Crippen molar-refractivity contribution in [2.75, 3.05) is 0 Å². The second kappa shape index (κ2) is 4.31. The summed E-state index contributed by atoms with van der Waals surface area (Å²) in [4.78, 5) is 3.01. The van der Waals surface area contributed by atoms with E-state index in [0.29, 0.717) is 0 Å². The zero-order valence-corrected chi connectivity index (χ0v) is 10.5. The van der Waals surface area contributed by atoms with E-state index in [1.54, 1.807) is 0 Å². The lowest BCUT2D eigenvalue weighted by Crippen LogP contribution is -2.04. The van der Waals surface area contributed by atoms with Gasteiger partial charge in [0.2, 0.25) is 0 Å². The molecule has 0 N–H and O–H groups in total. The van der Waals surface area contributed by atoms with Crippen LogP contribution in [-0.4, -0.2) is 13.4 Å². The zero-order chi connectivity index (χ0) is 11.8. The number of pyridine rings is 1. The van der Waals surface area contributed by atoms with Crippen LogP contribution in [0.5, 0.6) is 0 Å². The fourth-order valence-electron chi connectivity index (χ4n) is 1.07. The molecule has 0 radical (unpaired) electrons. The quantitative estimate of drug-likeness (QED) is 0.621. The minimum Gasteiger partial charge on any atom is -0.248 e. The van der Waals surface area contributed by atoms with Crippen molar-refractivity contribution in [3.8, 4) is 0 Å². The summed E-state index contributed by atoms with van der Waals surface area (Å²) in [7, 11) is 0.866. The molecule has 1 aromatic heterocycles. The molecule has 0 bridgehead atoms. The van der Waals surface area contributed by atoms with Gasteiger partial charge in [-0.3, -0.25) is 0 Å². The molecule has 3 nitrogen and oxygen atoms in total. The molecular weight excluding hydrogens is 316 g/mol. The number of nitrogens with zero attached hydrogens (tertiary/aromatic N) is 1. The summed E-state index contributed by atoms with van der Waals surface area (Å²) in [5.74, 6) is 0. The number of halogens is 4. The van der Waals surface area contributed by atoms with Crippen molar-refractivity contribution in [3.05, 3.63) is 21.9 Å². The zero-order valence-electron chi connectivity index (χ0n) is 7.34. The third-order valence-corrected chi connectivity index (χ3v) is 4.00. The van der Waals surface area contributed by atoms with Gasteiger partial charge in [-0.25, -0.2) is 22.2 Å². The number of alkyl halides is 2. The summed E-state index contributed by atoms with van der Waals surface area (Å²) >= 11 is 2.94. The molecule has 0 aliphatic heterocycles. The Hall–Kier alpha value is -0.270. The van der Waals surface area contributed by atoms with Crippen LogP contribution in [0.3, 0.4) is 0 Å². The molecule has 0 aliphatic rings. The summed E-state index contributed by atoms with van der Waals surface area (Å²) < 4.78 is 47.4. The molecule has 0 saturated heterocycles. The van der Waals surface area contributed by atoms with Gasteiger partial charge in [0.25, 0.3) is 15.5 Å². The van der Waals surface area contributed by atoms with E-state index >= 15 is 0 Å². The molecule has 0 saturated carbocycles. The molecule has 0 unspecified atom stereocenters. The van der Waals surface area contributed by atoms with Gasteiger partial charge in [-0.2, -0.15) is 0 Å². The van der Waals surface area contributed by atoms with Crippen LogP contribution in [0.1, 0.15) is 17.6 Å². The van der Waals surface area contributed by atoms with Gasteiger partial charge in [-0.1, -0.05) is 0 Å². The average Bonchev–Trinajstić information content (AvgIpc) is 2.06. The third-order valence-electron chi connectivity index (χ3n) is 1.71. The van der Waals surface area contributed by atoms with Gasteiger partial charge < -0.3 is 0 Å². The van der Waals surface area contributed by atoms with Crippen LogP contribution in [0.25, 0.3) is 0 Å². The molecule has 0 amide bonds. The van der Waals surface area contributed by atoms with E-state index in [2.05, 4.69) is 20.9 Å². The van der Waals surface area contributed by atoms with E-state index in [4.69, 9.17) is 10.7 Å². The highest BCUT2D eigenvalue weighted by Gasteiger charge is 2.25. The van der Waals surface area contributed by atoms with Crippen molar-refractivity contribution in [3.63, 3.8) is 0 Å². The first kappa shape index (κ1) is 12.8. The van der Waals surface area contributed by atoms with E-state index in [1.807, 2.05) is 0 Å². The maximum Gasteiger partial charge on any atom is 0.266 e. The fraction of sp³-hybridized carbons (Fsp3) is 0.286. The highest BCUT2D eigenvalue weighted by molar-refractivity contribution is 9.10. The lowest BCUT2D eigenvalue weighted by molar-refractivity contribution is 0.147. The topological polar surface area (TPSA) is 47.0 Å². The molecule has 1 aromatic rings. The standard InChI is InChI=1S/C7H5BrClF2NO2S/c1-3-5(15(9,13)14)4(7(10)11)2-12-6(3)8/h2,7H,1H3. The number of rotatable bonds is 2. The van der Waals surface area contributed by atoms with Crippen LogP contribution in [-0.2, 0) is 9.05 Å². The van der Waals surface area contributed by atoms with Gasteiger partial charge in [0, 0.05) is 22.4 Å². The molecule has 1 heterocycles. The van der Waals surface area contributed by atoms with E-state index in [9.17, 15) is 17.2 Å². The highest BCUT2D eigenvalue weighted by Crippen LogP contribution is 2.33. The normalized spacial score (nSPS) is 12.1. The summed E-state index contributed by atoms with van der Waals surface area (Å²) in [6.45, 7) is 1.35. The van der Waals surface area contributed by atoms with Crippen molar-refractivity contribution in [2.45, 2.75) is 18.2 Å². The molecular formula is C7H5BrClF2NO2S. The Morgan fingerprint density at radius 2 is 2.07 bits per heavy atom. The number of hydrogen-bond acceptors (Lipinski definition) is 3. The molecule has 0 aromatic carbocycles. The minimum atomic E-state index is -4.21. The Morgan fingerprint density at radius 3 is 2.47 bits per heavy atom. The van der Waals surface area contributed by atoms with E-state index < -0.39 is 25.9 Å². The summed E-state index contributed by atoms with van der Waals surface area (Å²) in [5, 5.41) is 0. The SMILES string of the molecule is Cc1c(Br)ncc(C(F)F)c1S(=O)(=O)Cl. The molecule has 84 valence electrons. The first-order valence-electron chi connectivity index (χ1n) is 3.63. The Morgan fingerprint density at radius 1 is 1.53 bits per heavy atom. The Kier molecular flexibility index (Phi) is 3.67. The Bertz CT molecular complexity index is 492. The van der Waals surface area contributed by atoms with Crippen LogP contribution in [0.15, 0.2) is 15.7 Å². The van der Waals surface area contributed by atoms with Crippen molar-refractivity contribution >= 4 is 35.7 Å². The van der Waals surface area contributed by atoms with Gasteiger partial charge >= 0.3 is 0 Å². The van der Waals surface area contributed by atoms with Crippen LogP contribution in [0.2, 0.25) is 0 Å². The molecule has 0 spiro atoms. The van der Waals surface area contributed by atoms with Gasteiger partial charge in [-0.15, -0.1) is 0 Å². The second-order valence-corrected chi connectivity index (χ2v) is 5.95. The largest absolute Gasteiger partial charge is 0.266 e. The first-order valence-corrected chi connectivity index (χ1v) is 6.73. The van der Waals surface area contributed by atoms with Crippen LogP contribution in [0, 0.1) is 6.92 Å². The van der Waals surface area contributed by atoms with E-state index in [-0.39, 0.29) is 10.2 Å². The van der Waals surface area contributed by atoms with Crippen molar-refractivity contribution < 1.29 is 17.2 Å². The molecule has 1 rings (SSSR count). The molecule has 0 aliphatic carbocycles. The smallest absolute Gasteiger partial charge is 0.248 e. The molecule has 15 heavy (non-hydrogen) atoms. The second-order valence-electron chi connectivity index (χ2n) is 2.70. The Labute approximate surface area is 98.0 Å². The monoisotopic (exact) mass is 319 g/mol. The van der Waals surface area contributed by atoms with E-state index in [0.717, 1.165) is 6.20 Å². The number of hydrogen-bond donors (Lipinski definition) is 0. The summed E-state index contributed by atoms with van der Waals surface area (Å²) in [6.07, 6.45) is -2.15. The molecule has 0 fully saturated rings. The maximum absolute atomic E-state index is 12.5. The van der Waals surface area contributed by atoms with Gasteiger partial charge in [0.1, 0.15) is 4.60 Å². The average molecular weight is 321 g/mol. The predicted molar refractivity (Wildman–Crippen MR) is 54.7 cm³/mol. The van der Waals surface area contributed by atoms with Crippen LogP contribution in [0.4, 0.5) is 8.78 Å². The van der Waals surface area contributed by atoms with Crippen LogP contribution < -0.4 is 0 Å². The van der Waals surface area contributed by atoms with Gasteiger partial charge in [0.05, 0.1) is 10.5 Å². The Balaban J connectivity index is 3.65. The fourth-order valence-corrected chi connectivity index (χ4v) is 3.00. The van der Waals surface area contributed by atoms with Gasteiger partial charge in [-0.05, 0) is 22.9 Å². The first-order chi connectivity index (χ1) is 6.75. The highest BCUT2D eigenvalue weighted by atomic mass is 79.9. The lowest BCUT2D eigenvalue weighted by Gasteiger charge is -2.09. The minimum absolute atomic E-state index is 0.0720. The van der Waals surface area contributed by atoms with E-state index in [1.165, 1.54) is 6.92 Å². The lowest BCUT2D eigenvalue weighted by atomic mass is 10.2. The maximum atomic E-state index is 12.5. The summed E-state index contributed by atoms with van der Waals surface area (Å²) in [6, 6.07) is 0. The third kappa shape index (κ3) is 2.64. The molecule has 0 atom stereocenters. The molecule has 8 heteroatoms.